The minimum Gasteiger partial charge on any atom is -0.388 e. The van der Waals surface area contributed by atoms with Gasteiger partial charge in [0.1, 0.15) is 0 Å². The molecule has 2 rings (SSSR count). The number of hydrogen-bond acceptors (Lipinski definition) is 2. The highest BCUT2D eigenvalue weighted by Crippen LogP contribution is 2.25. The second-order valence-corrected chi connectivity index (χ2v) is 4.33. The monoisotopic (exact) mass is 218 g/mol. The van der Waals surface area contributed by atoms with Crippen molar-refractivity contribution in [3.8, 4) is 0 Å². The summed E-state index contributed by atoms with van der Waals surface area (Å²) in [6.45, 7) is 0.826. The van der Waals surface area contributed by atoms with Crippen LogP contribution in [0.3, 0.4) is 0 Å². The third-order valence-electron chi connectivity index (χ3n) is 3.21. The quantitative estimate of drug-likeness (QED) is 0.814. The predicted octanol–water partition coefficient (Wildman–Crippen LogP) is 2.26. The summed E-state index contributed by atoms with van der Waals surface area (Å²) >= 11 is 0. The average molecular weight is 218 g/mol. The van der Waals surface area contributed by atoms with Gasteiger partial charge < -0.3 is 10.6 Å². The van der Waals surface area contributed by atoms with Crippen LogP contribution in [-0.2, 0) is 0 Å². The van der Waals surface area contributed by atoms with Crippen molar-refractivity contribution >= 4 is 11.6 Å². The second kappa shape index (κ2) is 5.01. The van der Waals surface area contributed by atoms with Crippen LogP contribution in [0.15, 0.2) is 24.3 Å². The van der Waals surface area contributed by atoms with Crippen molar-refractivity contribution in [3.63, 3.8) is 0 Å². The summed E-state index contributed by atoms with van der Waals surface area (Å²) in [5, 5.41) is 6.01. The molecule has 0 radical (unpaired) electrons. The van der Waals surface area contributed by atoms with Crippen LogP contribution in [0.1, 0.15) is 29.6 Å². The fraction of sp³-hybridized carbons (Fsp3) is 0.462. The van der Waals surface area contributed by atoms with Crippen molar-refractivity contribution in [2.45, 2.75) is 19.3 Å². The van der Waals surface area contributed by atoms with Gasteiger partial charge in [-0.1, -0.05) is 6.42 Å². The second-order valence-electron chi connectivity index (χ2n) is 4.33. The van der Waals surface area contributed by atoms with Gasteiger partial charge >= 0.3 is 0 Å². The van der Waals surface area contributed by atoms with E-state index in [-0.39, 0.29) is 5.91 Å². The number of benzene rings is 1. The Labute approximate surface area is 96.2 Å². The van der Waals surface area contributed by atoms with Crippen LogP contribution in [0, 0.1) is 5.92 Å². The molecule has 1 fully saturated rings. The summed E-state index contributed by atoms with van der Waals surface area (Å²) < 4.78 is 0. The topological polar surface area (TPSA) is 41.1 Å². The molecule has 3 nitrogen and oxygen atoms in total. The number of nitrogens with one attached hydrogen (secondary N) is 2. The molecule has 1 amide bonds. The number of carbonyl (C=O) groups excluding carboxylic acids is 1. The van der Waals surface area contributed by atoms with Gasteiger partial charge in [0, 0.05) is 24.8 Å². The molecule has 0 heterocycles. The SMILES string of the molecule is CNc1ccc(C(=O)NCC2CCC2)cc1. The van der Waals surface area contributed by atoms with E-state index in [1.807, 2.05) is 31.3 Å². The molecule has 0 aliphatic heterocycles. The Kier molecular flexibility index (Phi) is 3.44. The molecule has 3 heteroatoms. The van der Waals surface area contributed by atoms with E-state index < -0.39 is 0 Å². The van der Waals surface area contributed by atoms with Gasteiger partial charge in [0.05, 0.1) is 0 Å². The fourth-order valence-electron chi connectivity index (χ4n) is 1.82. The Morgan fingerprint density at radius 2 is 2.00 bits per heavy atom. The summed E-state index contributed by atoms with van der Waals surface area (Å²) in [5.74, 6) is 0.745. The van der Waals surface area contributed by atoms with Crippen molar-refractivity contribution in [1.82, 2.24) is 5.32 Å². The van der Waals surface area contributed by atoms with Gasteiger partial charge in [-0.25, -0.2) is 0 Å². The average Bonchev–Trinajstić information content (AvgIpc) is 2.27. The molecule has 1 saturated carbocycles. The van der Waals surface area contributed by atoms with E-state index in [0.717, 1.165) is 17.8 Å². The van der Waals surface area contributed by atoms with E-state index in [2.05, 4.69) is 10.6 Å². The Morgan fingerprint density at radius 3 is 2.50 bits per heavy atom. The van der Waals surface area contributed by atoms with E-state index in [4.69, 9.17) is 0 Å². The third kappa shape index (κ3) is 2.54. The van der Waals surface area contributed by atoms with Crippen molar-refractivity contribution in [3.05, 3.63) is 29.8 Å². The molecule has 0 bridgehead atoms. The first-order valence-corrected chi connectivity index (χ1v) is 5.85. The van der Waals surface area contributed by atoms with Crippen LogP contribution in [0.4, 0.5) is 5.69 Å². The Hall–Kier alpha value is -1.51. The van der Waals surface area contributed by atoms with Gasteiger partial charge in [0.25, 0.3) is 5.91 Å². The molecule has 0 aromatic heterocycles. The molecule has 1 aromatic rings. The first-order valence-electron chi connectivity index (χ1n) is 5.85. The smallest absolute Gasteiger partial charge is 0.251 e. The van der Waals surface area contributed by atoms with Crippen LogP contribution < -0.4 is 10.6 Å². The zero-order valence-corrected chi connectivity index (χ0v) is 9.62. The van der Waals surface area contributed by atoms with Crippen LogP contribution >= 0.6 is 0 Å². The largest absolute Gasteiger partial charge is 0.388 e. The van der Waals surface area contributed by atoms with Gasteiger partial charge in [0.2, 0.25) is 0 Å². The Morgan fingerprint density at radius 1 is 1.31 bits per heavy atom. The number of amides is 1. The molecule has 0 saturated heterocycles. The van der Waals surface area contributed by atoms with Crippen LogP contribution in [0.5, 0.6) is 0 Å². The first kappa shape index (κ1) is 11.0. The highest BCUT2D eigenvalue weighted by atomic mass is 16.1. The molecule has 0 unspecified atom stereocenters. The van der Waals surface area contributed by atoms with E-state index in [9.17, 15) is 4.79 Å². The lowest BCUT2D eigenvalue weighted by Crippen LogP contribution is -2.32. The standard InChI is InChI=1S/C13H18N2O/c1-14-12-7-5-11(6-8-12)13(16)15-9-10-3-2-4-10/h5-8,10,14H,2-4,9H2,1H3,(H,15,16). The van der Waals surface area contributed by atoms with Crippen LogP contribution in [0.25, 0.3) is 0 Å². The molecule has 86 valence electrons. The molecule has 1 aliphatic carbocycles. The van der Waals surface area contributed by atoms with Crippen LogP contribution in [-0.4, -0.2) is 19.5 Å². The molecular weight excluding hydrogens is 200 g/mol. The Balaban J connectivity index is 1.86. The van der Waals surface area contributed by atoms with E-state index >= 15 is 0 Å². The summed E-state index contributed by atoms with van der Waals surface area (Å²) in [7, 11) is 1.87. The van der Waals surface area contributed by atoms with E-state index in [1.54, 1.807) is 0 Å². The summed E-state index contributed by atoms with van der Waals surface area (Å²) in [4.78, 5) is 11.8. The lowest BCUT2D eigenvalue weighted by Gasteiger charge is -2.25. The van der Waals surface area contributed by atoms with Gasteiger partial charge in [0.15, 0.2) is 0 Å². The summed E-state index contributed by atoms with van der Waals surface area (Å²) in [5.41, 5.74) is 1.76. The molecule has 2 N–H and O–H groups in total. The molecular formula is C13H18N2O. The van der Waals surface area contributed by atoms with Crippen molar-refractivity contribution in [2.24, 2.45) is 5.92 Å². The number of carbonyl (C=O) groups is 1. The normalized spacial score (nSPS) is 15.3. The molecule has 1 aromatic carbocycles. The van der Waals surface area contributed by atoms with E-state index in [1.165, 1.54) is 19.3 Å². The van der Waals surface area contributed by atoms with Gasteiger partial charge in [-0.3, -0.25) is 4.79 Å². The minimum absolute atomic E-state index is 0.0366. The lowest BCUT2D eigenvalue weighted by molar-refractivity contribution is 0.0939. The van der Waals surface area contributed by atoms with Gasteiger partial charge in [-0.15, -0.1) is 0 Å². The van der Waals surface area contributed by atoms with E-state index in [0.29, 0.717) is 5.92 Å². The maximum absolute atomic E-state index is 11.8. The minimum atomic E-state index is 0.0366. The highest BCUT2D eigenvalue weighted by molar-refractivity contribution is 5.94. The van der Waals surface area contributed by atoms with Gasteiger partial charge in [-0.05, 0) is 43.0 Å². The lowest BCUT2D eigenvalue weighted by atomic mass is 9.85. The molecule has 1 aliphatic rings. The Bertz CT molecular complexity index is 355. The fourth-order valence-corrected chi connectivity index (χ4v) is 1.82. The third-order valence-corrected chi connectivity index (χ3v) is 3.21. The maximum Gasteiger partial charge on any atom is 0.251 e. The van der Waals surface area contributed by atoms with Crippen molar-refractivity contribution < 1.29 is 4.79 Å². The van der Waals surface area contributed by atoms with Crippen LogP contribution in [0.2, 0.25) is 0 Å². The zero-order valence-electron chi connectivity index (χ0n) is 9.62. The zero-order chi connectivity index (χ0) is 11.4. The van der Waals surface area contributed by atoms with Crippen molar-refractivity contribution in [1.29, 1.82) is 0 Å². The highest BCUT2D eigenvalue weighted by Gasteiger charge is 2.18. The maximum atomic E-state index is 11.8. The van der Waals surface area contributed by atoms with Crippen molar-refractivity contribution in [2.75, 3.05) is 18.9 Å². The predicted molar refractivity (Wildman–Crippen MR) is 65.7 cm³/mol. The number of hydrogen-bond donors (Lipinski definition) is 2. The number of rotatable bonds is 4. The first-order chi connectivity index (χ1) is 7.79. The molecule has 0 atom stereocenters. The molecule has 0 spiro atoms. The molecule has 16 heavy (non-hydrogen) atoms. The summed E-state index contributed by atoms with van der Waals surface area (Å²) in [6.07, 6.45) is 3.84. The number of anilines is 1. The van der Waals surface area contributed by atoms with Gasteiger partial charge in [-0.2, -0.15) is 0 Å². The summed E-state index contributed by atoms with van der Waals surface area (Å²) in [6, 6.07) is 7.53.